The molecule has 1 aromatic carbocycles. The Morgan fingerprint density at radius 2 is 1.88 bits per heavy atom. The molecule has 1 heterocycles. The molecular formula is C13H13NO2S. The van der Waals surface area contributed by atoms with Gasteiger partial charge in [-0.2, -0.15) is 0 Å². The summed E-state index contributed by atoms with van der Waals surface area (Å²) in [5.41, 5.74) is 2.25. The first-order valence-corrected chi connectivity index (χ1v) is 7.10. The Kier molecular flexibility index (Phi) is 2.98. The van der Waals surface area contributed by atoms with E-state index in [4.69, 9.17) is 0 Å². The third-order valence-electron chi connectivity index (χ3n) is 2.48. The number of aromatic nitrogens is 1. The molecule has 0 saturated carbocycles. The van der Waals surface area contributed by atoms with E-state index in [0.29, 0.717) is 16.2 Å². The average Bonchev–Trinajstić information content (AvgIpc) is 2.29. The molecule has 1 aromatic heterocycles. The summed E-state index contributed by atoms with van der Waals surface area (Å²) in [4.78, 5) is 4.52. The van der Waals surface area contributed by atoms with E-state index in [1.54, 1.807) is 30.5 Å². The second-order valence-corrected chi connectivity index (χ2v) is 5.97. The highest BCUT2D eigenvalue weighted by Gasteiger charge is 2.15. The van der Waals surface area contributed by atoms with Crippen LogP contribution in [0.25, 0.3) is 11.3 Å². The van der Waals surface area contributed by atoms with Crippen LogP contribution in [0, 0.1) is 6.92 Å². The zero-order chi connectivity index (χ0) is 12.5. The van der Waals surface area contributed by atoms with Crippen molar-refractivity contribution in [3.05, 3.63) is 48.2 Å². The van der Waals surface area contributed by atoms with Crippen molar-refractivity contribution in [3.8, 4) is 11.3 Å². The predicted molar refractivity (Wildman–Crippen MR) is 67.5 cm³/mol. The summed E-state index contributed by atoms with van der Waals surface area (Å²) >= 11 is 0. The topological polar surface area (TPSA) is 47.0 Å². The molecule has 0 aliphatic heterocycles. The molecule has 0 spiro atoms. The molecule has 0 radical (unpaired) electrons. The molecule has 0 unspecified atom stereocenters. The standard InChI is InChI=1S/C13H13NO2S/c1-10-6-7-11(12-5-3-4-8-14-12)13(9-10)17(2,15)16/h3-9H,1-2H3. The number of pyridine rings is 1. The van der Waals surface area contributed by atoms with Crippen LogP contribution in [0.5, 0.6) is 0 Å². The fourth-order valence-electron chi connectivity index (χ4n) is 1.67. The van der Waals surface area contributed by atoms with E-state index in [0.717, 1.165) is 5.56 Å². The first-order valence-electron chi connectivity index (χ1n) is 5.20. The molecule has 0 saturated heterocycles. The van der Waals surface area contributed by atoms with Gasteiger partial charge in [-0.25, -0.2) is 8.42 Å². The van der Waals surface area contributed by atoms with Gasteiger partial charge in [0.15, 0.2) is 9.84 Å². The fraction of sp³-hybridized carbons (Fsp3) is 0.154. The Morgan fingerprint density at radius 1 is 1.12 bits per heavy atom. The highest BCUT2D eigenvalue weighted by atomic mass is 32.2. The number of rotatable bonds is 2. The van der Waals surface area contributed by atoms with Gasteiger partial charge in [0.2, 0.25) is 0 Å². The molecule has 2 rings (SSSR count). The summed E-state index contributed by atoms with van der Waals surface area (Å²) in [7, 11) is -3.24. The fourth-order valence-corrected chi connectivity index (χ4v) is 2.64. The Morgan fingerprint density at radius 3 is 2.47 bits per heavy atom. The van der Waals surface area contributed by atoms with Gasteiger partial charge in [0, 0.05) is 18.0 Å². The lowest BCUT2D eigenvalue weighted by Gasteiger charge is -2.08. The van der Waals surface area contributed by atoms with Crippen LogP contribution in [0.3, 0.4) is 0 Å². The summed E-state index contributed by atoms with van der Waals surface area (Å²) in [6.45, 7) is 1.87. The van der Waals surface area contributed by atoms with E-state index < -0.39 is 9.84 Å². The summed E-state index contributed by atoms with van der Waals surface area (Å²) in [5, 5.41) is 0. The third kappa shape index (κ3) is 2.53. The van der Waals surface area contributed by atoms with E-state index in [9.17, 15) is 8.42 Å². The number of benzene rings is 1. The van der Waals surface area contributed by atoms with Crippen molar-refractivity contribution in [1.29, 1.82) is 0 Å². The van der Waals surface area contributed by atoms with Crippen molar-refractivity contribution in [3.63, 3.8) is 0 Å². The van der Waals surface area contributed by atoms with Crippen molar-refractivity contribution >= 4 is 9.84 Å². The zero-order valence-corrected chi connectivity index (χ0v) is 10.5. The quantitative estimate of drug-likeness (QED) is 0.819. The van der Waals surface area contributed by atoms with Gasteiger partial charge in [-0.1, -0.05) is 18.2 Å². The molecule has 88 valence electrons. The SMILES string of the molecule is Cc1ccc(-c2ccccn2)c(S(C)(=O)=O)c1. The monoisotopic (exact) mass is 247 g/mol. The van der Waals surface area contributed by atoms with Crippen molar-refractivity contribution in [2.75, 3.05) is 6.26 Å². The Bertz CT molecular complexity index is 634. The smallest absolute Gasteiger partial charge is 0.176 e. The molecule has 0 aliphatic rings. The number of hydrogen-bond acceptors (Lipinski definition) is 3. The highest BCUT2D eigenvalue weighted by molar-refractivity contribution is 7.90. The van der Waals surface area contributed by atoms with Crippen LogP contribution >= 0.6 is 0 Å². The lowest BCUT2D eigenvalue weighted by atomic mass is 10.1. The maximum absolute atomic E-state index is 11.8. The molecule has 0 fully saturated rings. The predicted octanol–water partition coefficient (Wildman–Crippen LogP) is 2.46. The van der Waals surface area contributed by atoms with E-state index in [1.165, 1.54) is 6.26 Å². The van der Waals surface area contributed by atoms with Crippen molar-refractivity contribution in [1.82, 2.24) is 4.98 Å². The van der Waals surface area contributed by atoms with Crippen molar-refractivity contribution in [2.45, 2.75) is 11.8 Å². The summed E-state index contributed by atoms with van der Waals surface area (Å²) in [5.74, 6) is 0. The molecule has 17 heavy (non-hydrogen) atoms. The molecule has 0 aliphatic carbocycles. The highest BCUT2D eigenvalue weighted by Crippen LogP contribution is 2.26. The molecule has 3 nitrogen and oxygen atoms in total. The van der Waals surface area contributed by atoms with E-state index in [1.807, 2.05) is 19.1 Å². The third-order valence-corrected chi connectivity index (χ3v) is 3.61. The number of sulfone groups is 1. The van der Waals surface area contributed by atoms with Crippen LogP contribution in [0.2, 0.25) is 0 Å². The summed E-state index contributed by atoms with van der Waals surface area (Å²) in [6.07, 6.45) is 2.87. The van der Waals surface area contributed by atoms with Gasteiger partial charge < -0.3 is 0 Å². The second-order valence-electron chi connectivity index (χ2n) is 3.99. The van der Waals surface area contributed by atoms with Gasteiger partial charge in [-0.3, -0.25) is 4.98 Å². The van der Waals surface area contributed by atoms with Crippen molar-refractivity contribution < 1.29 is 8.42 Å². The number of aryl methyl sites for hydroxylation is 1. The first-order chi connectivity index (χ1) is 7.98. The normalized spacial score (nSPS) is 11.4. The second kappa shape index (κ2) is 4.30. The molecular weight excluding hydrogens is 234 g/mol. The average molecular weight is 247 g/mol. The van der Waals surface area contributed by atoms with Crippen LogP contribution in [-0.4, -0.2) is 19.7 Å². The molecule has 0 bridgehead atoms. The summed E-state index contributed by atoms with van der Waals surface area (Å²) in [6, 6.07) is 10.8. The van der Waals surface area contributed by atoms with Gasteiger partial charge in [0.05, 0.1) is 10.6 Å². The maximum atomic E-state index is 11.8. The molecule has 0 atom stereocenters. The minimum atomic E-state index is -3.24. The van der Waals surface area contributed by atoms with Gasteiger partial charge in [-0.05, 0) is 30.7 Å². The molecule has 0 N–H and O–H groups in total. The molecule has 4 heteroatoms. The zero-order valence-electron chi connectivity index (χ0n) is 9.71. The molecule has 0 amide bonds. The first kappa shape index (κ1) is 11.8. The lowest BCUT2D eigenvalue weighted by molar-refractivity contribution is 0.602. The van der Waals surface area contributed by atoms with Gasteiger partial charge in [0.25, 0.3) is 0 Å². The van der Waals surface area contributed by atoms with Crippen LogP contribution in [-0.2, 0) is 9.84 Å². The summed E-state index contributed by atoms with van der Waals surface area (Å²) < 4.78 is 23.5. The maximum Gasteiger partial charge on any atom is 0.176 e. The van der Waals surface area contributed by atoms with Crippen LogP contribution in [0.1, 0.15) is 5.56 Å². The minimum absolute atomic E-state index is 0.330. The number of hydrogen-bond donors (Lipinski definition) is 0. The van der Waals surface area contributed by atoms with E-state index >= 15 is 0 Å². The Hall–Kier alpha value is -1.68. The lowest BCUT2D eigenvalue weighted by Crippen LogP contribution is -2.01. The Balaban J connectivity index is 2.71. The van der Waals surface area contributed by atoms with Crippen molar-refractivity contribution in [2.24, 2.45) is 0 Å². The van der Waals surface area contributed by atoms with Crippen LogP contribution < -0.4 is 0 Å². The van der Waals surface area contributed by atoms with E-state index in [-0.39, 0.29) is 0 Å². The van der Waals surface area contributed by atoms with Gasteiger partial charge in [-0.15, -0.1) is 0 Å². The van der Waals surface area contributed by atoms with Gasteiger partial charge in [0.1, 0.15) is 0 Å². The van der Waals surface area contributed by atoms with E-state index in [2.05, 4.69) is 4.98 Å². The minimum Gasteiger partial charge on any atom is -0.256 e. The number of nitrogens with zero attached hydrogens (tertiary/aromatic N) is 1. The van der Waals surface area contributed by atoms with Crippen LogP contribution in [0.4, 0.5) is 0 Å². The van der Waals surface area contributed by atoms with Crippen LogP contribution in [0.15, 0.2) is 47.5 Å². The molecule has 2 aromatic rings. The van der Waals surface area contributed by atoms with Gasteiger partial charge >= 0.3 is 0 Å². The largest absolute Gasteiger partial charge is 0.256 e. The Labute approximate surface area is 101 Å².